The highest BCUT2D eigenvalue weighted by molar-refractivity contribution is 6.29. The first-order chi connectivity index (χ1) is 6.13. The Balaban J connectivity index is 2.83. The molecule has 0 atom stereocenters. The molecule has 5 heteroatoms. The lowest BCUT2D eigenvalue weighted by atomic mass is 10.2. The highest BCUT2D eigenvalue weighted by Crippen LogP contribution is 2.16. The molecule has 1 N–H and O–H groups in total. The zero-order valence-electron chi connectivity index (χ0n) is 7.30. The molecule has 0 saturated carbocycles. The SMILES string of the molecule is COC(=O)Nc1cnc(Cl)cc1C. The number of carbonyl (C=O) groups is 1. The molecule has 1 amide bonds. The van der Waals surface area contributed by atoms with Gasteiger partial charge in [0.2, 0.25) is 0 Å². The van der Waals surface area contributed by atoms with Gasteiger partial charge in [-0.3, -0.25) is 5.32 Å². The number of rotatable bonds is 1. The molecule has 0 fully saturated rings. The van der Waals surface area contributed by atoms with E-state index in [4.69, 9.17) is 11.6 Å². The van der Waals surface area contributed by atoms with Crippen LogP contribution in [0.1, 0.15) is 5.56 Å². The largest absolute Gasteiger partial charge is 0.453 e. The van der Waals surface area contributed by atoms with Gasteiger partial charge in [-0.05, 0) is 18.6 Å². The molecule has 0 aliphatic rings. The van der Waals surface area contributed by atoms with Crippen molar-refractivity contribution in [1.29, 1.82) is 0 Å². The normalized spacial score (nSPS) is 9.46. The van der Waals surface area contributed by atoms with Crippen molar-refractivity contribution in [2.45, 2.75) is 6.92 Å². The number of aryl methyl sites for hydroxylation is 1. The van der Waals surface area contributed by atoms with Gasteiger partial charge in [0.1, 0.15) is 5.15 Å². The summed E-state index contributed by atoms with van der Waals surface area (Å²) in [5.41, 5.74) is 1.43. The number of pyridine rings is 1. The van der Waals surface area contributed by atoms with Crippen molar-refractivity contribution in [1.82, 2.24) is 4.98 Å². The number of hydrogen-bond acceptors (Lipinski definition) is 3. The van der Waals surface area contributed by atoms with Crippen LogP contribution in [0.5, 0.6) is 0 Å². The number of nitrogens with zero attached hydrogens (tertiary/aromatic N) is 1. The smallest absolute Gasteiger partial charge is 0.411 e. The predicted molar refractivity (Wildman–Crippen MR) is 50.0 cm³/mol. The Labute approximate surface area is 80.9 Å². The van der Waals surface area contributed by atoms with E-state index >= 15 is 0 Å². The minimum Gasteiger partial charge on any atom is -0.453 e. The summed E-state index contributed by atoms with van der Waals surface area (Å²) in [5, 5.41) is 2.90. The Morgan fingerprint density at radius 2 is 2.38 bits per heavy atom. The molecular weight excluding hydrogens is 192 g/mol. The molecule has 13 heavy (non-hydrogen) atoms. The van der Waals surface area contributed by atoms with Crippen LogP contribution in [-0.4, -0.2) is 18.2 Å². The number of carbonyl (C=O) groups excluding carboxylic acids is 1. The Morgan fingerprint density at radius 1 is 1.69 bits per heavy atom. The van der Waals surface area contributed by atoms with Gasteiger partial charge in [-0.25, -0.2) is 9.78 Å². The van der Waals surface area contributed by atoms with Crippen LogP contribution < -0.4 is 5.32 Å². The molecular formula is C8H9ClN2O2. The Morgan fingerprint density at radius 3 is 2.92 bits per heavy atom. The number of hydrogen-bond donors (Lipinski definition) is 1. The predicted octanol–water partition coefficient (Wildman–Crippen LogP) is 2.22. The number of anilines is 1. The second-order valence-electron chi connectivity index (χ2n) is 2.44. The second-order valence-corrected chi connectivity index (χ2v) is 2.83. The third-order valence-corrected chi connectivity index (χ3v) is 1.71. The van der Waals surface area contributed by atoms with Gasteiger partial charge in [0.15, 0.2) is 0 Å². The van der Waals surface area contributed by atoms with E-state index in [0.29, 0.717) is 10.8 Å². The first kappa shape index (κ1) is 9.80. The summed E-state index contributed by atoms with van der Waals surface area (Å²) < 4.78 is 4.43. The fraction of sp³-hybridized carbons (Fsp3) is 0.250. The minimum absolute atomic E-state index is 0.396. The van der Waals surface area contributed by atoms with Crippen LogP contribution in [0.4, 0.5) is 10.5 Å². The Hall–Kier alpha value is -1.29. The van der Waals surface area contributed by atoms with E-state index in [0.717, 1.165) is 5.56 Å². The monoisotopic (exact) mass is 200 g/mol. The van der Waals surface area contributed by atoms with Gasteiger partial charge >= 0.3 is 6.09 Å². The van der Waals surface area contributed by atoms with Crippen LogP contribution in [-0.2, 0) is 4.74 Å². The van der Waals surface area contributed by atoms with Crippen LogP contribution in [0.25, 0.3) is 0 Å². The van der Waals surface area contributed by atoms with Crippen molar-refractivity contribution < 1.29 is 9.53 Å². The fourth-order valence-electron chi connectivity index (χ4n) is 0.814. The van der Waals surface area contributed by atoms with Gasteiger partial charge in [0.05, 0.1) is 19.0 Å². The molecule has 1 aromatic rings. The molecule has 0 radical (unpaired) electrons. The maximum absolute atomic E-state index is 10.8. The lowest BCUT2D eigenvalue weighted by Gasteiger charge is -2.05. The molecule has 0 spiro atoms. The molecule has 70 valence electrons. The molecule has 1 heterocycles. The number of ether oxygens (including phenoxy) is 1. The van der Waals surface area contributed by atoms with E-state index in [1.165, 1.54) is 13.3 Å². The van der Waals surface area contributed by atoms with Gasteiger partial charge in [0.25, 0.3) is 0 Å². The number of methoxy groups -OCH3 is 1. The van der Waals surface area contributed by atoms with Crippen molar-refractivity contribution in [2.75, 3.05) is 12.4 Å². The lowest BCUT2D eigenvalue weighted by Crippen LogP contribution is -2.12. The first-order valence-corrected chi connectivity index (χ1v) is 3.98. The molecule has 4 nitrogen and oxygen atoms in total. The third-order valence-electron chi connectivity index (χ3n) is 1.50. The summed E-state index contributed by atoms with van der Waals surface area (Å²) in [6, 6.07) is 1.66. The van der Waals surface area contributed by atoms with Crippen molar-refractivity contribution in [3.63, 3.8) is 0 Å². The maximum Gasteiger partial charge on any atom is 0.411 e. The highest BCUT2D eigenvalue weighted by atomic mass is 35.5. The van der Waals surface area contributed by atoms with Crippen LogP contribution in [0.15, 0.2) is 12.3 Å². The van der Waals surface area contributed by atoms with Gasteiger partial charge < -0.3 is 4.74 Å². The number of nitrogens with one attached hydrogen (secondary N) is 1. The van der Waals surface area contributed by atoms with E-state index in [2.05, 4.69) is 15.0 Å². The summed E-state index contributed by atoms with van der Waals surface area (Å²) >= 11 is 5.63. The maximum atomic E-state index is 10.8. The minimum atomic E-state index is -0.521. The van der Waals surface area contributed by atoms with Crippen molar-refractivity contribution in [3.8, 4) is 0 Å². The molecule has 0 bridgehead atoms. The molecule has 0 aliphatic heterocycles. The number of halogens is 1. The quantitative estimate of drug-likeness (QED) is 0.708. The van der Waals surface area contributed by atoms with Gasteiger partial charge in [0, 0.05) is 0 Å². The first-order valence-electron chi connectivity index (χ1n) is 3.60. The zero-order chi connectivity index (χ0) is 9.84. The standard InChI is InChI=1S/C8H9ClN2O2/c1-5-3-7(9)10-4-6(5)11-8(12)13-2/h3-4H,1-2H3,(H,11,12). The zero-order valence-corrected chi connectivity index (χ0v) is 8.05. The van der Waals surface area contributed by atoms with Crippen molar-refractivity contribution >= 4 is 23.4 Å². The summed E-state index contributed by atoms with van der Waals surface area (Å²) in [6.07, 6.45) is 0.960. The van der Waals surface area contributed by atoms with Gasteiger partial charge in [-0.15, -0.1) is 0 Å². The number of amides is 1. The van der Waals surface area contributed by atoms with Crippen LogP contribution >= 0.6 is 11.6 Å². The topological polar surface area (TPSA) is 51.2 Å². The van der Waals surface area contributed by atoms with Crippen molar-refractivity contribution in [2.24, 2.45) is 0 Å². The van der Waals surface area contributed by atoms with Gasteiger partial charge in [-0.1, -0.05) is 11.6 Å². The molecule has 1 aromatic heterocycles. The summed E-state index contributed by atoms with van der Waals surface area (Å²) in [5.74, 6) is 0. The summed E-state index contributed by atoms with van der Waals surface area (Å²) in [6.45, 7) is 1.82. The summed E-state index contributed by atoms with van der Waals surface area (Å²) in [4.78, 5) is 14.6. The van der Waals surface area contributed by atoms with Crippen LogP contribution in [0.2, 0.25) is 5.15 Å². The Bertz CT molecular complexity index is 328. The molecule has 1 rings (SSSR count). The molecule has 0 aromatic carbocycles. The van der Waals surface area contributed by atoms with E-state index in [1.807, 2.05) is 6.92 Å². The molecule has 0 saturated heterocycles. The fourth-order valence-corrected chi connectivity index (χ4v) is 1.03. The Kier molecular flexibility index (Phi) is 3.08. The number of aromatic nitrogens is 1. The highest BCUT2D eigenvalue weighted by Gasteiger charge is 2.04. The second kappa shape index (κ2) is 4.09. The lowest BCUT2D eigenvalue weighted by molar-refractivity contribution is 0.187. The van der Waals surface area contributed by atoms with E-state index in [9.17, 15) is 4.79 Å². The average molecular weight is 201 g/mol. The average Bonchev–Trinajstić information content (AvgIpc) is 2.09. The van der Waals surface area contributed by atoms with E-state index in [1.54, 1.807) is 6.07 Å². The van der Waals surface area contributed by atoms with E-state index in [-0.39, 0.29) is 0 Å². The molecule has 0 unspecified atom stereocenters. The third kappa shape index (κ3) is 2.59. The van der Waals surface area contributed by atoms with Gasteiger partial charge in [-0.2, -0.15) is 0 Å². The summed E-state index contributed by atoms with van der Waals surface area (Å²) in [7, 11) is 1.30. The van der Waals surface area contributed by atoms with Crippen LogP contribution in [0, 0.1) is 6.92 Å². The van der Waals surface area contributed by atoms with Crippen LogP contribution in [0.3, 0.4) is 0 Å². The van der Waals surface area contributed by atoms with E-state index < -0.39 is 6.09 Å². The molecule has 0 aliphatic carbocycles. The van der Waals surface area contributed by atoms with Crippen molar-refractivity contribution in [3.05, 3.63) is 23.0 Å².